The number of likely N-dealkylation sites (tertiary alicyclic amines) is 1. The van der Waals surface area contributed by atoms with Crippen LogP contribution in [0.15, 0.2) is 47.4 Å². The van der Waals surface area contributed by atoms with Crippen molar-refractivity contribution in [3.8, 4) is 5.75 Å². The zero-order chi connectivity index (χ0) is 22.1. The van der Waals surface area contributed by atoms with Crippen LogP contribution in [0.3, 0.4) is 0 Å². The number of benzene rings is 2. The molecule has 1 aliphatic heterocycles. The van der Waals surface area contributed by atoms with E-state index in [1.165, 1.54) is 18.1 Å². The third kappa shape index (κ3) is 4.15. The van der Waals surface area contributed by atoms with E-state index in [-0.39, 0.29) is 23.0 Å². The first kappa shape index (κ1) is 22.1. The number of sulfonamides is 1. The first-order valence-corrected chi connectivity index (χ1v) is 11.2. The number of carbonyl (C=O) groups excluding carboxylic acids is 2. The van der Waals surface area contributed by atoms with Crippen molar-refractivity contribution in [2.75, 3.05) is 13.7 Å². The topological polar surface area (TPSA) is 92.8 Å². The molecular formula is C21H23ClN2O5S. The highest BCUT2D eigenvalue weighted by Crippen LogP contribution is 2.33. The van der Waals surface area contributed by atoms with Gasteiger partial charge in [-0.1, -0.05) is 35.9 Å². The lowest BCUT2D eigenvalue weighted by Gasteiger charge is -2.49. The van der Waals surface area contributed by atoms with E-state index in [2.05, 4.69) is 4.72 Å². The van der Waals surface area contributed by atoms with Crippen LogP contribution in [0.4, 0.5) is 0 Å². The van der Waals surface area contributed by atoms with Gasteiger partial charge < -0.3 is 9.64 Å². The molecule has 1 heterocycles. The Balaban J connectivity index is 1.77. The van der Waals surface area contributed by atoms with Gasteiger partial charge in [0.1, 0.15) is 16.2 Å². The fourth-order valence-electron chi connectivity index (χ4n) is 3.38. The van der Waals surface area contributed by atoms with Crippen LogP contribution in [-0.4, -0.2) is 44.3 Å². The Hall–Kier alpha value is -2.58. The average molecular weight is 451 g/mol. The summed E-state index contributed by atoms with van der Waals surface area (Å²) in [7, 11) is -2.82. The van der Waals surface area contributed by atoms with Gasteiger partial charge >= 0.3 is 0 Å². The Morgan fingerprint density at radius 3 is 2.53 bits per heavy atom. The van der Waals surface area contributed by atoms with Crippen LogP contribution >= 0.6 is 11.6 Å². The fourth-order valence-corrected chi connectivity index (χ4v) is 4.81. The van der Waals surface area contributed by atoms with Gasteiger partial charge in [0.05, 0.1) is 13.5 Å². The van der Waals surface area contributed by atoms with Gasteiger partial charge in [-0.15, -0.1) is 0 Å². The van der Waals surface area contributed by atoms with E-state index < -0.39 is 21.5 Å². The Morgan fingerprint density at radius 1 is 1.23 bits per heavy atom. The number of halogens is 1. The number of amides is 2. The molecule has 1 N–H and O–H groups in total. The lowest BCUT2D eigenvalue weighted by atomic mass is 9.85. The van der Waals surface area contributed by atoms with Crippen molar-refractivity contribution in [1.82, 2.24) is 9.62 Å². The molecule has 1 atom stereocenters. The summed E-state index contributed by atoms with van der Waals surface area (Å²) in [5.74, 6) is -0.915. The van der Waals surface area contributed by atoms with Crippen molar-refractivity contribution in [3.63, 3.8) is 0 Å². The van der Waals surface area contributed by atoms with Crippen molar-refractivity contribution >= 4 is 33.4 Å². The predicted molar refractivity (Wildman–Crippen MR) is 113 cm³/mol. The number of hydrogen-bond donors (Lipinski definition) is 1. The summed E-state index contributed by atoms with van der Waals surface area (Å²) in [6.07, 6.45) is 0.384. The average Bonchev–Trinajstić information content (AvgIpc) is 2.67. The van der Waals surface area contributed by atoms with E-state index in [1.54, 1.807) is 50.2 Å². The Morgan fingerprint density at radius 2 is 1.93 bits per heavy atom. The molecule has 160 valence electrons. The molecule has 9 heteroatoms. The predicted octanol–water partition coefficient (Wildman–Crippen LogP) is 2.70. The molecule has 2 aromatic carbocycles. The van der Waals surface area contributed by atoms with Crippen molar-refractivity contribution in [2.24, 2.45) is 0 Å². The number of methoxy groups -OCH3 is 1. The van der Waals surface area contributed by atoms with E-state index in [1.807, 2.05) is 0 Å². The van der Waals surface area contributed by atoms with E-state index in [0.29, 0.717) is 23.6 Å². The van der Waals surface area contributed by atoms with Crippen LogP contribution in [0.1, 0.15) is 24.5 Å². The second kappa shape index (κ2) is 8.28. The first-order valence-electron chi connectivity index (χ1n) is 9.34. The molecule has 0 saturated carbocycles. The summed E-state index contributed by atoms with van der Waals surface area (Å²) in [5.41, 5.74) is 0.207. The minimum Gasteiger partial charge on any atom is -0.495 e. The molecule has 1 fully saturated rings. The lowest BCUT2D eigenvalue weighted by molar-refractivity contribution is -0.156. The molecule has 1 saturated heterocycles. The van der Waals surface area contributed by atoms with E-state index in [9.17, 15) is 18.0 Å². The largest absolute Gasteiger partial charge is 0.495 e. The molecule has 30 heavy (non-hydrogen) atoms. The van der Waals surface area contributed by atoms with Crippen LogP contribution in [0.5, 0.6) is 5.75 Å². The molecule has 7 nitrogen and oxygen atoms in total. The van der Waals surface area contributed by atoms with Crippen LogP contribution in [-0.2, 0) is 26.0 Å². The standard InChI is InChI=1S/C21H23ClN2O5S/c1-14-8-9-18(17(12-14)29-3)30(27,28)23-20(26)21(2)10-11-24(21)19(25)13-15-6-4-5-7-16(15)22/h4-9,12H,10-11,13H2,1-3H3,(H,23,26). The maximum absolute atomic E-state index is 12.9. The SMILES string of the molecule is COc1cc(C)ccc1S(=O)(=O)NC(=O)C1(C)CCN1C(=O)Cc1ccccc1Cl. The van der Waals surface area contributed by atoms with Crippen molar-refractivity contribution in [2.45, 2.75) is 37.1 Å². The highest BCUT2D eigenvalue weighted by Gasteiger charge is 2.50. The summed E-state index contributed by atoms with van der Waals surface area (Å²) in [6.45, 7) is 3.72. The second-order valence-corrected chi connectivity index (χ2v) is 9.48. The number of ether oxygens (including phenoxy) is 1. The number of nitrogens with zero attached hydrogens (tertiary/aromatic N) is 1. The van der Waals surface area contributed by atoms with Gasteiger partial charge in [0.25, 0.3) is 15.9 Å². The number of aryl methyl sites for hydroxylation is 1. The van der Waals surface area contributed by atoms with Crippen LogP contribution < -0.4 is 9.46 Å². The van der Waals surface area contributed by atoms with Gasteiger partial charge in [0.2, 0.25) is 5.91 Å². The molecule has 2 aromatic rings. The van der Waals surface area contributed by atoms with Crippen LogP contribution in [0.25, 0.3) is 0 Å². The molecule has 1 unspecified atom stereocenters. The Bertz CT molecular complexity index is 1100. The van der Waals surface area contributed by atoms with Crippen molar-refractivity contribution in [3.05, 3.63) is 58.6 Å². The van der Waals surface area contributed by atoms with Crippen molar-refractivity contribution < 1.29 is 22.7 Å². The molecule has 3 rings (SSSR count). The summed E-state index contributed by atoms with van der Waals surface area (Å²) in [6, 6.07) is 11.5. The van der Waals surface area contributed by atoms with E-state index >= 15 is 0 Å². The molecule has 0 bridgehead atoms. The number of hydrogen-bond acceptors (Lipinski definition) is 5. The summed E-state index contributed by atoms with van der Waals surface area (Å²) < 4.78 is 32.9. The lowest BCUT2D eigenvalue weighted by Crippen LogP contribution is -2.68. The number of rotatable bonds is 6. The maximum Gasteiger partial charge on any atom is 0.267 e. The zero-order valence-electron chi connectivity index (χ0n) is 16.9. The number of nitrogens with one attached hydrogen (secondary N) is 1. The summed E-state index contributed by atoms with van der Waals surface area (Å²) in [4.78, 5) is 26.9. The minimum atomic E-state index is -4.18. The molecular weight excluding hydrogens is 428 g/mol. The molecule has 2 amide bonds. The first-order chi connectivity index (χ1) is 14.1. The molecule has 0 aromatic heterocycles. The Labute approximate surface area is 181 Å². The van der Waals surface area contributed by atoms with Gasteiger partial charge in [-0.05, 0) is 49.6 Å². The van der Waals surface area contributed by atoms with Gasteiger partial charge in [0, 0.05) is 11.6 Å². The Kier molecular flexibility index (Phi) is 6.10. The molecule has 1 aliphatic rings. The van der Waals surface area contributed by atoms with E-state index in [4.69, 9.17) is 16.3 Å². The van der Waals surface area contributed by atoms with Gasteiger partial charge in [-0.25, -0.2) is 13.1 Å². The monoisotopic (exact) mass is 450 g/mol. The van der Waals surface area contributed by atoms with Crippen LogP contribution in [0, 0.1) is 6.92 Å². The summed E-state index contributed by atoms with van der Waals surface area (Å²) in [5, 5.41) is 0.464. The van der Waals surface area contributed by atoms with Crippen molar-refractivity contribution in [1.29, 1.82) is 0 Å². The highest BCUT2D eigenvalue weighted by atomic mass is 35.5. The smallest absolute Gasteiger partial charge is 0.267 e. The van der Waals surface area contributed by atoms with Gasteiger partial charge in [0.15, 0.2) is 0 Å². The van der Waals surface area contributed by atoms with Gasteiger partial charge in [-0.2, -0.15) is 0 Å². The minimum absolute atomic E-state index is 0.0288. The quantitative estimate of drug-likeness (QED) is 0.730. The third-order valence-corrected chi connectivity index (χ3v) is 7.08. The molecule has 0 aliphatic carbocycles. The fraction of sp³-hybridized carbons (Fsp3) is 0.333. The molecule has 0 spiro atoms. The third-order valence-electron chi connectivity index (χ3n) is 5.34. The zero-order valence-corrected chi connectivity index (χ0v) is 18.5. The number of carbonyl (C=O) groups is 2. The normalized spacial score (nSPS) is 18.5. The summed E-state index contributed by atoms with van der Waals surface area (Å²) >= 11 is 6.12. The van der Waals surface area contributed by atoms with Gasteiger partial charge in [-0.3, -0.25) is 9.59 Å². The van der Waals surface area contributed by atoms with E-state index in [0.717, 1.165) is 5.56 Å². The highest BCUT2D eigenvalue weighted by molar-refractivity contribution is 7.90. The maximum atomic E-state index is 12.9. The molecule has 0 radical (unpaired) electrons. The van der Waals surface area contributed by atoms with Crippen LogP contribution in [0.2, 0.25) is 5.02 Å². The second-order valence-electron chi connectivity index (χ2n) is 7.43.